The summed E-state index contributed by atoms with van der Waals surface area (Å²) in [5.41, 5.74) is 3.24. The predicted octanol–water partition coefficient (Wildman–Crippen LogP) is 3.16. The fraction of sp³-hybridized carbons (Fsp3) is 0.222. The van der Waals surface area contributed by atoms with E-state index in [4.69, 9.17) is 9.47 Å². The minimum atomic E-state index is -0.527. The monoisotopic (exact) mass is 357 g/mol. The molecule has 1 amide bonds. The molecule has 0 aromatic heterocycles. The van der Waals surface area contributed by atoms with Gasteiger partial charge in [-0.05, 0) is 38.1 Å². The highest BCUT2D eigenvalue weighted by molar-refractivity contribution is 5.95. The quantitative estimate of drug-likeness (QED) is 0.444. The van der Waals surface area contributed by atoms with Crippen LogP contribution in [0, 0.1) is 10.1 Å². The van der Waals surface area contributed by atoms with Crippen LogP contribution in [0.2, 0.25) is 0 Å². The molecule has 0 aliphatic carbocycles. The lowest BCUT2D eigenvalue weighted by Gasteiger charge is -2.10. The van der Waals surface area contributed by atoms with Crippen molar-refractivity contribution in [2.75, 3.05) is 13.2 Å². The van der Waals surface area contributed by atoms with Crippen LogP contribution in [0.3, 0.4) is 0 Å². The maximum Gasteiger partial charge on any atom is 0.271 e. The van der Waals surface area contributed by atoms with Crippen molar-refractivity contribution in [3.05, 3.63) is 63.7 Å². The van der Waals surface area contributed by atoms with Crippen LogP contribution < -0.4 is 14.9 Å². The average molecular weight is 357 g/mol. The van der Waals surface area contributed by atoms with Gasteiger partial charge in [0.15, 0.2) is 0 Å². The van der Waals surface area contributed by atoms with Crippen LogP contribution in [0.25, 0.3) is 0 Å². The molecule has 0 aliphatic heterocycles. The first-order valence-electron chi connectivity index (χ1n) is 8.02. The van der Waals surface area contributed by atoms with E-state index < -0.39 is 10.8 Å². The number of carbonyl (C=O) groups is 1. The minimum Gasteiger partial charge on any atom is -0.494 e. The summed E-state index contributed by atoms with van der Waals surface area (Å²) in [6.45, 7) is 4.78. The van der Waals surface area contributed by atoms with Gasteiger partial charge in [0.25, 0.3) is 11.6 Å². The number of hydrogen-bond acceptors (Lipinski definition) is 6. The Bertz CT molecular complexity index is 803. The van der Waals surface area contributed by atoms with Gasteiger partial charge in [-0.3, -0.25) is 14.9 Å². The van der Waals surface area contributed by atoms with Gasteiger partial charge in [-0.2, -0.15) is 5.10 Å². The maximum atomic E-state index is 12.0. The number of hydrazone groups is 1. The molecule has 136 valence electrons. The Morgan fingerprint density at radius 3 is 2.46 bits per heavy atom. The summed E-state index contributed by atoms with van der Waals surface area (Å²) < 4.78 is 11.0. The number of nitrogens with zero attached hydrogens (tertiary/aromatic N) is 2. The number of nitrogens with one attached hydrogen (secondary N) is 1. The normalized spacial score (nSPS) is 10.5. The van der Waals surface area contributed by atoms with Crippen LogP contribution in [0.15, 0.2) is 47.6 Å². The zero-order valence-corrected chi connectivity index (χ0v) is 14.5. The molecule has 8 nitrogen and oxygen atoms in total. The van der Waals surface area contributed by atoms with Crippen LogP contribution in [0.1, 0.15) is 29.8 Å². The number of nitro groups is 1. The summed E-state index contributed by atoms with van der Waals surface area (Å²) in [7, 11) is 0. The van der Waals surface area contributed by atoms with Crippen molar-refractivity contribution in [1.29, 1.82) is 0 Å². The fourth-order valence-electron chi connectivity index (χ4n) is 2.12. The smallest absolute Gasteiger partial charge is 0.271 e. The Balaban J connectivity index is 2.06. The lowest BCUT2D eigenvalue weighted by Crippen LogP contribution is -2.17. The Morgan fingerprint density at radius 2 is 1.85 bits per heavy atom. The third-order valence-corrected chi connectivity index (χ3v) is 3.31. The first kappa shape index (κ1) is 18.9. The van der Waals surface area contributed by atoms with Crippen LogP contribution in [-0.2, 0) is 0 Å². The molecule has 0 saturated carbocycles. The van der Waals surface area contributed by atoms with Gasteiger partial charge < -0.3 is 9.47 Å². The maximum absolute atomic E-state index is 12.0. The first-order valence-corrected chi connectivity index (χ1v) is 8.02. The molecule has 2 aromatic carbocycles. The highest BCUT2D eigenvalue weighted by Gasteiger charge is 2.09. The fourth-order valence-corrected chi connectivity index (χ4v) is 2.12. The minimum absolute atomic E-state index is 0.0826. The van der Waals surface area contributed by atoms with Crippen LogP contribution >= 0.6 is 0 Å². The van der Waals surface area contributed by atoms with E-state index in [1.807, 2.05) is 13.8 Å². The molecule has 0 atom stereocenters. The zero-order chi connectivity index (χ0) is 18.9. The number of benzene rings is 2. The molecule has 1 N–H and O–H groups in total. The van der Waals surface area contributed by atoms with Crippen LogP contribution in [-0.4, -0.2) is 30.3 Å². The zero-order valence-electron chi connectivity index (χ0n) is 14.5. The molecular formula is C18H19N3O5. The topological polar surface area (TPSA) is 103 Å². The van der Waals surface area contributed by atoms with Gasteiger partial charge in [-0.1, -0.05) is 0 Å². The largest absolute Gasteiger partial charge is 0.494 e. The van der Waals surface area contributed by atoms with Crippen molar-refractivity contribution in [1.82, 2.24) is 5.43 Å². The van der Waals surface area contributed by atoms with Gasteiger partial charge in [0.1, 0.15) is 11.5 Å². The number of amides is 1. The summed E-state index contributed by atoms with van der Waals surface area (Å²) in [6, 6.07) is 10.6. The molecule has 0 aliphatic rings. The summed E-state index contributed by atoms with van der Waals surface area (Å²) in [5.74, 6) is 0.801. The van der Waals surface area contributed by atoms with Crippen molar-refractivity contribution in [3.63, 3.8) is 0 Å². The summed E-state index contributed by atoms with van der Waals surface area (Å²) in [5, 5.41) is 14.5. The molecule has 0 bridgehead atoms. The van der Waals surface area contributed by atoms with Gasteiger partial charge in [0.05, 0.1) is 24.4 Å². The Kier molecular flexibility index (Phi) is 6.67. The van der Waals surface area contributed by atoms with Gasteiger partial charge in [-0.15, -0.1) is 0 Å². The molecule has 0 heterocycles. The van der Waals surface area contributed by atoms with Gasteiger partial charge in [0.2, 0.25) is 0 Å². The van der Waals surface area contributed by atoms with Crippen molar-refractivity contribution >= 4 is 17.8 Å². The Hall–Kier alpha value is -3.42. The summed E-state index contributed by atoms with van der Waals surface area (Å²) >= 11 is 0. The Labute approximate surface area is 150 Å². The molecular weight excluding hydrogens is 338 g/mol. The number of carbonyl (C=O) groups excluding carboxylic acids is 1. The molecule has 2 aromatic rings. The summed E-state index contributed by atoms with van der Waals surface area (Å²) in [4.78, 5) is 22.1. The number of hydrogen-bond donors (Lipinski definition) is 1. The lowest BCUT2D eigenvalue weighted by atomic mass is 10.2. The average Bonchev–Trinajstić information content (AvgIpc) is 2.64. The van der Waals surface area contributed by atoms with Crippen molar-refractivity contribution in [3.8, 4) is 11.5 Å². The third-order valence-electron chi connectivity index (χ3n) is 3.31. The molecule has 0 saturated heterocycles. The SMILES string of the molecule is CCOc1ccc(C=NNC(=O)c2ccc([N+](=O)[O-])cc2)c(OCC)c1. The first-order chi connectivity index (χ1) is 12.5. The Morgan fingerprint density at radius 1 is 1.15 bits per heavy atom. The molecule has 26 heavy (non-hydrogen) atoms. The molecule has 0 spiro atoms. The van der Waals surface area contributed by atoms with Gasteiger partial charge in [0, 0.05) is 29.3 Å². The third kappa shape index (κ3) is 5.04. The number of nitro benzene ring substituents is 1. The number of ether oxygens (including phenoxy) is 2. The van der Waals surface area contributed by atoms with E-state index >= 15 is 0 Å². The highest BCUT2D eigenvalue weighted by atomic mass is 16.6. The standard InChI is InChI=1S/C18H19N3O5/c1-3-25-16-10-7-14(17(11-16)26-4-2)12-19-20-18(22)13-5-8-15(9-6-13)21(23)24/h5-12H,3-4H2,1-2H3,(H,20,22). The predicted molar refractivity (Wildman–Crippen MR) is 96.9 cm³/mol. The molecule has 2 rings (SSSR count). The van der Waals surface area contributed by atoms with E-state index in [0.717, 1.165) is 0 Å². The van der Waals surface area contributed by atoms with Crippen molar-refractivity contribution < 1.29 is 19.2 Å². The van der Waals surface area contributed by atoms with E-state index in [1.165, 1.54) is 30.5 Å². The van der Waals surface area contributed by atoms with E-state index in [-0.39, 0.29) is 11.3 Å². The van der Waals surface area contributed by atoms with E-state index in [0.29, 0.717) is 30.3 Å². The second-order valence-corrected chi connectivity index (χ2v) is 5.07. The lowest BCUT2D eigenvalue weighted by molar-refractivity contribution is -0.384. The summed E-state index contributed by atoms with van der Waals surface area (Å²) in [6.07, 6.45) is 1.46. The van der Waals surface area contributed by atoms with E-state index in [2.05, 4.69) is 10.5 Å². The number of rotatable bonds is 8. The van der Waals surface area contributed by atoms with Crippen LogP contribution in [0.4, 0.5) is 5.69 Å². The second-order valence-electron chi connectivity index (χ2n) is 5.07. The van der Waals surface area contributed by atoms with Crippen LogP contribution in [0.5, 0.6) is 11.5 Å². The van der Waals surface area contributed by atoms with Gasteiger partial charge >= 0.3 is 0 Å². The molecule has 0 fully saturated rings. The van der Waals surface area contributed by atoms with Gasteiger partial charge in [-0.25, -0.2) is 5.43 Å². The van der Waals surface area contributed by atoms with Crippen molar-refractivity contribution in [2.45, 2.75) is 13.8 Å². The number of non-ortho nitro benzene ring substituents is 1. The molecule has 0 radical (unpaired) electrons. The van der Waals surface area contributed by atoms with Crippen molar-refractivity contribution in [2.24, 2.45) is 5.10 Å². The second kappa shape index (κ2) is 9.16. The van der Waals surface area contributed by atoms with E-state index in [1.54, 1.807) is 18.2 Å². The van der Waals surface area contributed by atoms with E-state index in [9.17, 15) is 14.9 Å². The molecule has 8 heteroatoms. The molecule has 0 unspecified atom stereocenters. The highest BCUT2D eigenvalue weighted by Crippen LogP contribution is 2.24.